The fraction of sp³-hybridized carbons (Fsp3) is 0.556. The van der Waals surface area contributed by atoms with Crippen LogP contribution in [-0.4, -0.2) is 48.3 Å². The molecule has 0 bridgehead atoms. The number of H-pyrrole nitrogens is 1. The molecule has 0 saturated carbocycles. The van der Waals surface area contributed by atoms with E-state index in [4.69, 9.17) is 9.47 Å². The standard InChI is InChI=1S/C18H25N3O3/c1-12-8-15-16(9-13(12)2)21-17(20-15)5-6-19-18(22)11-23-10-14-4-3-7-24-14/h8-9,14H,3-7,10-11H2,1-2H3,(H,19,22)(H,20,21). The first-order valence-corrected chi connectivity index (χ1v) is 8.53. The van der Waals surface area contributed by atoms with Gasteiger partial charge in [-0.25, -0.2) is 4.98 Å². The van der Waals surface area contributed by atoms with E-state index in [1.807, 2.05) is 0 Å². The highest BCUT2D eigenvalue weighted by atomic mass is 16.5. The summed E-state index contributed by atoms with van der Waals surface area (Å²) in [6.45, 7) is 6.09. The molecule has 1 aliphatic rings. The maximum absolute atomic E-state index is 11.8. The van der Waals surface area contributed by atoms with E-state index in [1.54, 1.807) is 0 Å². The van der Waals surface area contributed by atoms with Gasteiger partial charge in [0, 0.05) is 19.6 Å². The van der Waals surface area contributed by atoms with E-state index in [1.165, 1.54) is 11.1 Å². The molecule has 3 rings (SSSR count). The first-order valence-electron chi connectivity index (χ1n) is 8.53. The lowest BCUT2D eigenvalue weighted by atomic mass is 10.1. The summed E-state index contributed by atoms with van der Waals surface area (Å²) in [5.41, 5.74) is 4.49. The van der Waals surface area contributed by atoms with Crippen LogP contribution >= 0.6 is 0 Å². The molecule has 1 amide bonds. The monoisotopic (exact) mass is 331 g/mol. The van der Waals surface area contributed by atoms with Crippen LogP contribution in [0.2, 0.25) is 0 Å². The summed E-state index contributed by atoms with van der Waals surface area (Å²) in [4.78, 5) is 19.6. The molecule has 1 atom stereocenters. The maximum atomic E-state index is 11.8. The van der Waals surface area contributed by atoms with Crippen molar-refractivity contribution in [2.24, 2.45) is 0 Å². The van der Waals surface area contributed by atoms with Crippen molar-refractivity contribution in [3.8, 4) is 0 Å². The van der Waals surface area contributed by atoms with Gasteiger partial charge in [0.1, 0.15) is 12.4 Å². The van der Waals surface area contributed by atoms with Crippen LogP contribution in [0.4, 0.5) is 0 Å². The number of carbonyl (C=O) groups is 1. The van der Waals surface area contributed by atoms with Gasteiger partial charge < -0.3 is 19.8 Å². The Morgan fingerprint density at radius 3 is 3.04 bits per heavy atom. The summed E-state index contributed by atoms with van der Waals surface area (Å²) < 4.78 is 10.8. The van der Waals surface area contributed by atoms with Crippen LogP contribution < -0.4 is 5.32 Å². The van der Waals surface area contributed by atoms with Gasteiger partial charge in [0.25, 0.3) is 0 Å². The zero-order valence-corrected chi connectivity index (χ0v) is 14.4. The minimum Gasteiger partial charge on any atom is -0.376 e. The average molecular weight is 331 g/mol. The molecule has 6 heteroatoms. The molecule has 2 N–H and O–H groups in total. The van der Waals surface area contributed by atoms with Crippen LogP contribution in [0.3, 0.4) is 0 Å². The number of aromatic nitrogens is 2. The number of aromatic amines is 1. The van der Waals surface area contributed by atoms with Crippen molar-refractivity contribution in [3.05, 3.63) is 29.1 Å². The summed E-state index contributed by atoms with van der Waals surface area (Å²) in [7, 11) is 0. The molecule has 0 aliphatic carbocycles. The van der Waals surface area contributed by atoms with Crippen molar-refractivity contribution >= 4 is 16.9 Å². The summed E-state index contributed by atoms with van der Waals surface area (Å²) in [5.74, 6) is 0.784. The van der Waals surface area contributed by atoms with Crippen LogP contribution in [0.15, 0.2) is 12.1 Å². The lowest BCUT2D eigenvalue weighted by molar-refractivity contribution is -0.126. The zero-order chi connectivity index (χ0) is 16.9. The molecule has 2 heterocycles. The number of nitrogens with one attached hydrogen (secondary N) is 2. The summed E-state index contributed by atoms with van der Waals surface area (Å²) >= 11 is 0. The third kappa shape index (κ3) is 4.33. The van der Waals surface area contributed by atoms with Crippen molar-refractivity contribution in [2.75, 3.05) is 26.4 Å². The number of hydrogen-bond acceptors (Lipinski definition) is 4. The van der Waals surface area contributed by atoms with E-state index in [2.05, 4.69) is 41.3 Å². The Balaban J connectivity index is 1.40. The highest BCUT2D eigenvalue weighted by Gasteiger charge is 2.15. The van der Waals surface area contributed by atoms with E-state index >= 15 is 0 Å². The molecule has 2 aromatic rings. The molecule has 1 aromatic heterocycles. The predicted octanol–water partition coefficient (Wildman–Crippen LogP) is 2.03. The van der Waals surface area contributed by atoms with Crippen molar-refractivity contribution < 1.29 is 14.3 Å². The predicted molar refractivity (Wildman–Crippen MR) is 92.1 cm³/mol. The fourth-order valence-electron chi connectivity index (χ4n) is 2.87. The first-order chi connectivity index (χ1) is 11.6. The summed E-state index contributed by atoms with van der Waals surface area (Å²) in [5, 5.41) is 2.86. The van der Waals surface area contributed by atoms with Crippen LogP contribution in [0.25, 0.3) is 11.0 Å². The Kier molecular flexibility index (Phi) is 5.48. The third-order valence-electron chi connectivity index (χ3n) is 4.39. The molecule has 0 radical (unpaired) electrons. The fourth-order valence-corrected chi connectivity index (χ4v) is 2.87. The van der Waals surface area contributed by atoms with Crippen molar-refractivity contribution in [1.29, 1.82) is 0 Å². The number of nitrogens with zero attached hydrogens (tertiary/aromatic N) is 1. The second-order valence-electron chi connectivity index (χ2n) is 6.39. The number of carbonyl (C=O) groups excluding carboxylic acids is 1. The molecule has 24 heavy (non-hydrogen) atoms. The zero-order valence-electron chi connectivity index (χ0n) is 14.4. The molecule has 1 aromatic carbocycles. The number of benzene rings is 1. The Bertz CT molecular complexity index is 666. The number of aryl methyl sites for hydroxylation is 2. The van der Waals surface area contributed by atoms with Crippen LogP contribution in [-0.2, 0) is 20.7 Å². The van der Waals surface area contributed by atoms with E-state index < -0.39 is 0 Å². The van der Waals surface area contributed by atoms with Gasteiger partial charge in [-0.1, -0.05) is 0 Å². The van der Waals surface area contributed by atoms with Crippen LogP contribution in [0, 0.1) is 13.8 Å². The Labute approximate surface area is 141 Å². The van der Waals surface area contributed by atoms with E-state index in [-0.39, 0.29) is 18.6 Å². The molecular weight excluding hydrogens is 306 g/mol. The highest BCUT2D eigenvalue weighted by Crippen LogP contribution is 2.17. The number of imidazole rings is 1. The van der Waals surface area contributed by atoms with Crippen molar-refractivity contribution in [3.63, 3.8) is 0 Å². The quantitative estimate of drug-likeness (QED) is 0.814. The van der Waals surface area contributed by atoms with Gasteiger partial charge in [0.2, 0.25) is 5.91 Å². The van der Waals surface area contributed by atoms with Crippen molar-refractivity contribution in [1.82, 2.24) is 15.3 Å². The SMILES string of the molecule is Cc1cc2nc(CCNC(=O)COCC3CCCO3)[nH]c2cc1C. The number of fused-ring (bicyclic) bond motifs is 1. The lowest BCUT2D eigenvalue weighted by Gasteiger charge is -2.10. The van der Waals surface area contributed by atoms with Gasteiger partial charge in [0.05, 0.1) is 23.7 Å². The minimum absolute atomic E-state index is 0.0817. The van der Waals surface area contributed by atoms with Gasteiger partial charge in [-0.2, -0.15) is 0 Å². The Morgan fingerprint density at radius 2 is 2.25 bits per heavy atom. The first kappa shape index (κ1) is 16.9. The Morgan fingerprint density at radius 1 is 1.42 bits per heavy atom. The third-order valence-corrected chi connectivity index (χ3v) is 4.39. The maximum Gasteiger partial charge on any atom is 0.246 e. The normalized spacial score (nSPS) is 17.5. The molecule has 1 unspecified atom stereocenters. The van der Waals surface area contributed by atoms with E-state index in [0.29, 0.717) is 19.6 Å². The molecule has 1 fully saturated rings. The number of amides is 1. The minimum atomic E-state index is -0.101. The van der Waals surface area contributed by atoms with E-state index in [0.717, 1.165) is 36.3 Å². The summed E-state index contributed by atoms with van der Waals surface area (Å²) in [6.07, 6.45) is 2.92. The topological polar surface area (TPSA) is 76.2 Å². The molecule has 1 saturated heterocycles. The summed E-state index contributed by atoms with van der Waals surface area (Å²) in [6, 6.07) is 4.20. The molecule has 1 aliphatic heterocycles. The molecular formula is C18H25N3O3. The van der Waals surface area contributed by atoms with Gasteiger partial charge in [-0.15, -0.1) is 0 Å². The smallest absolute Gasteiger partial charge is 0.246 e. The van der Waals surface area contributed by atoms with Gasteiger partial charge >= 0.3 is 0 Å². The van der Waals surface area contributed by atoms with Gasteiger partial charge in [0.15, 0.2) is 0 Å². The highest BCUT2D eigenvalue weighted by molar-refractivity contribution is 5.78. The second kappa shape index (κ2) is 7.77. The van der Waals surface area contributed by atoms with Crippen LogP contribution in [0.1, 0.15) is 29.8 Å². The van der Waals surface area contributed by atoms with Crippen molar-refractivity contribution in [2.45, 2.75) is 39.2 Å². The average Bonchev–Trinajstić information content (AvgIpc) is 3.17. The van der Waals surface area contributed by atoms with Crippen LogP contribution in [0.5, 0.6) is 0 Å². The number of hydrogen-bond donors (Lipinski definition) is 2. The number of ether oxygens (including phenoxy) is 2. The second-order valence-corrected chi connectivity index (χ2v) is 6.39. The van der Waals surface area contributed by atoms with E-state index in [9.17, 15) is 4.79 Å². The van der Waals surface area contributed by atoms with Gasteiger partial charge in [-0.3, -0.25) is 4.79 Å². The number of rotatable bonds is 7. The molecule has 0 spiro atoms. The largest absolute Gasteiger partial charge is 0.376 e. The molecule has 130 valence electrons. The molecule has 6 nitrogen and oxygen atoms in total. The van der Waals surface area contributed by atoms with Gasteiger partial charge in [-0.05, 0) is 49.9 Å². The Hall–Kier alpha value is -1.92. The lowest BCUT2D eigenvalue weighted by Crippen LogP contribution is -2.30.